The number of aliphatic hydroxyl groups is 1. The molecule has 2 nitrogen and oxygen atoms in total. The van der Waals surface area contributed by atoms with Gasteiger partial charge in [0, 0.05) is 11.2 Å². The van der Waals surface area contributed by atoms with E-state index in [1.54, 1.807) is 13.0 Å². The predicted molar refractivity (Wildman–Crippen MR) is 78.9 cm³/mol. The van der Waals surface area contributed by atoms with Crippen molar-refractivity contribution in [1.82, 2.24) is 0 Å². The summed E-state index contributed by atoms with van der Waals surface area (Å²) in [5, 5.41) is 10.0. The van der Waals surface area contributed by atoms with Crippen molar-refractivity contribution in [1.29, 1.82) is 0 Å². The first-order valence-corrected chi connectivity index (χ1v) is 7.27. The Morgan fingerprint density at radius 3 is 2.67 bits per heavy atom. The van der Waals surface area contributed by atoms with Gasteiger partial charge in [0.2, 0.25) is 0 Å². The largest absolute Gasteiger partial charge is 0.386 e. The highest BCUT2D eigenvalue weighted by molar-refractivity contribution is 9.09. The van der Waals surface area contributed by atoms with E-state index in [-0.39, 0.29) is 16.0 Å². The summed E-state index contributed by atoms with van der Waals surface area (Å²) in [5.74, 6) is 0.212. The van der Waals surface area contributed by atoms with Gasteiger partial charge in [-0.2, -0.15) is 0 Å². The average Bonchev–Trinajstić information content (AvgIpc) is 2.26. The fourth-order valence-corrected chi connectivity index (χ4v) is 2.97. The van der Waals surface area contributed by atoms with Gasteiger partial charge in [0.05, 0.1) is 5.60 Å². The molecule has 0 amide bonds. The molecule has 0 heterocycles. The van der Waals surface area contributed by atoms with Gasteiger partial charge in [-0.25, -0.2) is 0 Å². The zero-order chi connectivity index (χ0) is 14.1. The molecule has 2 atom stereocenters. The molecule has 1 rings (SSSR count). The number of allylic oxidation sites excluding steroid dienone is 2. The summed E-state index contributed by atoms with van der Waals surface area (Å²) in [7, 11) is 0. The van der Waals surface area contributed by atoms with Gasteiger partial charge in [-0.05, 0) is 37.7 Å². The molecule has 2 unspecified atom stereocenters. The zero-order valence-corrected chi connectivity index (χ0v) is 13.3. The molecular formula is C15H23BrO2. The Labute approximate surface area is 118 Å². The molecule has 0 aliphatic heterocycles. The maximum Gasteiger partial charge on any atom is 0.159 e. The standard InChI is InChI=1S/C15H23BrO2/c1-6-15(5,18)8-7-11-10(2)12(17)9-13(16)14(11,3)4/h6,13,18H,1,7-9H2,2-5H3. The van der Waals surface area contributed by atoms with Crippen molar-refractivity contribution in [3.8, 4) is 0 Å². The minimum Gasteiger partial charge on any atom is -0.386 e. The minimum atomic E-state index is -0.869. The first-order valence-electron chi connectivity index (χ1n) is 6.35. The number of rotatable bonds is 4. The Morgan fingerprint density at radius 2 is 2.17 bits per heavy atom. The van der Waals surface area contributed by atoms with E-state index in [4.69, 9.17) is 0 Å². The molecule has 18 heavy (non-hydrogen) atoms. The molecule has 1 aliphatic carbocycles. The maximum absolute atomic E-state index is 11.9. The van der Waals surface area contributed by atoms with Crippen LogP contribution in [0.25, 0.3) is 0 Å². The summed E-state index contributed by atoms with van der Waals surface area (Å²) in [6.45, 7) is 11.6. The van der Waals surface area contributed by atoms with E-state index < -0.39 is 5.60 Å². The number of halogens is 1. The molecule has 1 N–H and O–H groups in total. The van der Waals surface area contributed by atoms with Crippen LogP contribution in [0.1, 0.15) is 47.0 Å². The Bertz CT molecular complexity index is 391. The van der Waals surface area contributed by atoms with Crippen LogP contribution in [0.2, 0.25) is 0 Å². The number of carbonyl (C=O) groups is 1. The van der Waals surface area contributed by atoms with Crippen LogP contribution in [-0.4, -0.2) is 21.3 Å². The summed E-state index contributed by atoms with van der Waals surface area (Å²) >= 11 is 3.62. The molecule has 3 heteroatoms. The zero-order valence-electron chi connectivity index (χ0n) is 11.7. The Morgan fingerprint density at radius 1 is 1.61 bits per heavy atom. The Hall–Kier alpha value is -0.410. The van der Waals surface area contributed by atoms with Gasteiger partial charge in [-0.1, -0.05) is 41.4 Å². The Balaban J connectivity index is 2.99. The molecule has 102 valence electrons. The smallest absolute Gasteiger partial charge is 0.159 e. The lowest BCUT2D eigenvalue weighted by molar-refractivity contribution is -0.116. The lowest BCUT2D eigenvalue weighted by Gasteiger charge is -2.39. The normalized spacial score (nSPS) is 27.0. The van der Waals surface area contributed by atoms with Crippen molar-refractivity contribution in [3.05, 3.63) is 23.8 Å². The molecule has 0 saturated carbocycles. The van der Waals surface area contributed by atoms with Crippen LogP contribution in [0.15, 0.2) is 23.8 Å². The maximum atomic E-state index is 11.9. The Kier molecular flexibility index (Phi) is 4.60. The number of alkyl halides is 1. The van der Waals surface area contributed by atoms with Crippen molar-refractivity contribution < 1.29 is 9.90 Å². The monoisotopic (exact) mass is 314 g/mol. The van der Waals surface area contributed by atoms with Gasteiger partial charge in [0.15, 0.2) is 5.78 Å². The van der Waals surface area contributed by atoms with Gasteiger partial charge < -0.3 is 5.11 Å². The van der Waals surface area contributed by atoms with Gasteiger partial charge in [-0.15, -0.1) is 6.58 Å². The first kappa shape index (κ1) is 15.6. The quantitative estimate of drug-likeness (QED) is 0.633. The van der Waals surface area contributed by atoms with Gasteiger partial charge in [0.25, 0.3) is 0 Å². The van der Waals surface area contributed by atoms with Crippen LogP contribution in [0, 0.1) is 5.41 Å². The first-order chi connectivity index (χ1) is 8.12. The number of carbonyl (C=O) groups excluding carboxylic acids is 1. The molecule has 0 radical (unpaired) electrons. The fourth-order valence-electron chi connectivity index (χ4n) is 2.40. The lowest BCUT2D eigenvalue weighted by atomic mass is 9.70. The van der Waals surface area contributed by atoms with E-state index in [1.807, 2.05) is 6.92 Å². The summed E-state index contributed by atoms with van der Waals surface area (Å²) < 4.78 is 0. The van der Waals surface area contributed by atoms with Crippen LogP contribution < -0.4 is 0 Å². The molecule has 0 aromatic heterocycles. The second kappa shape index (κ2) is 5.30. The van der Waals surface area contributed by atoms with E-state index in [9.17, 15) is 9.90 Å². The average molecular weight is 315 g/mol. The fraction of sp³-hybridized carbons (Fsp3) is 0.667. The van der Waals surface area contributed by atoms with Crippen LogP contribution >= 0.6 is 15.9 Å². The van der Waals surface area contributed by atoms with Crippen molar-refractivity contribution >= 4 is 21.7 Å². The van der Waals surface area contributed by atoms with Crippen LogP contribution in [0.4, 0.5) is 0 Å². The third-order valence-electron chi connectivity index (χ3n) is 4.12. The van der Waals surface area contributed by atoms with Crippen molar-refractivity contribution in [2.45, 2.75) is 57.4 Å². The van der Waals surface area contributed by atoms with E-state index in [1.165, 1.54) is 0 Å². The minimum absolute atomic E-state index is 0.0464. The summed E-state index contributed by atoms with van der Waals surface area (Å²) in [6.07, 6.45) is 3.44. The molecule has 0 bridgehead atoms. The second-order valence-electron chi connectivity index (χ2n) is 5.98. The van der Waals surface area contributed by atoms with E-state index in [0.717, 1.165) is 17.6 Å². The number of hydrogen-bond donors (Lipinski definition) is 1. The third kappa shape index (κ3) is 3.12. The highest BCUT2D eigenvalue weighted by Crippen LogP contribution is 2.45. The van der Waals surface area contributed by atoms with Crippen molar-refractivity contribution in [2.24, 2.45) is 5.41 Å². The molecular weight excluding hydrogens is 292 g/mol. The SMILES string of the molecule is C=CC(C)(O)CCC1=C(C)C(=O)CC(Br)C1(C)C. The number of hydrogen-bond acceptors (Lipinski definition) is 2. The molecule has 0 saturated heterocycles. The lowest BCUT2D eigenvalue weighted by Crippen LogP contribution is -2.36. The van der Waals surface area contributed by atoms with Gasteiger partial charge in [0.1, 0.15) is 0 Å². The van der Waals surface area contributed by atoms with E-state index >= 15 is 0 Å². The summed E-state index contributed by atoms with van der Waals surface area (Å²) in [5.41, 5.74) is 1.11. The van der Waals surface area contributed by atoms with E-state index in [2.05, 4.69) is 36.4 Å². The van der Waals surface area contributed by atoms with Gasteiger partial charge in [-0.3, -0.25) is 4.79 Å². The predicted octanol–water partition coefficient (Wildman–Crippen LogP) is 3.78. The molecule has 0 spiro atoms. The highest BCUT2D eigenvalue weighted by Gasteiger charge is 2.39. The van der Waals surface area contributed by atoms with Crippen molar-refractivity contribution in [2.75, 3.05) is 0 Å². The van der Waals surface area contributed by atoms with Crippen LogP contribution in [-0.2, 0) is 4.79 Å². The topological polar surface area (TPSA) is 37.3 Å². The second-order valence-corrected chi connectivity index (χ2v) is 7.09. The van der Waals surface area contributed by atoms with Gasteiger partial charge >= 0.3 is 0 Å². The number of ketones is 1. The van der Waals surface area contributed by atoms with Crippen LogP contribution in [0.3, 0.4) is 0 Å². The van der Waals surface area contributed by atoms with Crippen molar-refractivity contribution in [3.63, 3.8) is 0 Å². The third-order valence-corrected chi connectivity index (χ3v) is 5.59. The molecule has 0 aromatic carbocycles. The highest BCUT2D eigenvalue weighted by atomic mass is 79.9. The molecule has 0 aromatic rings. The number of Topliss-reactive ketones (excluding diaryl/α,β-unsaturated/α-hetero) is 1. The molecule has 1 aliphatic rings. The molecule has 0 fully saturated rings. The van der Waals surface area contributed by atoms with E-state index in [0.29, 0.717) is 12.8 Å². The summed E-state index contributed by atoms with van der Waals surface area (Å²) in [6, 6.07) is 0. The summed E-state index contributed by atoms with van der Waals surface area (Å²) in [4.78, 5) is 12.1. The van der Waals surface area contributed by atoms with Crippen LogP contribution in [0.5, 0.6) is 0 Å².